The van der Waals surface area contributed by atoms with Crippen LogP contribution in [0.1, 0.15) is 66.8 Å². The van der Waals surface area contributed by atoms with Crippen LogP contribution in [0.5, 0.6) is 0 Å². The van der Waals surface area contributed by atoms with Gasteiger partial charge >= 0.3 is 11.9 Å². The Morgan fingerprint density at radius 1 is 0.955 bits per heavy atom. The molecule has 240 valence electrons. The van der Waals surface area contributed by atoms with Gasteiger partial charge in [-0.1, -0.05) is 18.2 Å². The Balaban J connectivity index is 1.70. The van der Waals surface area contributed by atoms with E-state index >= 15 is 0 Å². The van der Waals surface area contributed by atoms with Gasteiger partial charge in [-0.05, 0) is 120 Å². The van der Waals surface area contributed by atoms with Crippen LogP contribution in [0.3, 0.4) is 0 Å². The van der Waals surface area contributed by atoms with Crippen molar-refractivity contribution in [3.63, 3.8) is 0 Å². The number of quaternary nitrogens is 1. The smallest absolute Gasteiger partial charge is 0.370 e. The molecular formula is C33H49N6O4S+. The number of carbonyl (C=O) groups is 2. The molecule has 10 nitrogen and oxygen atoms in total. The van der Waals surface area contributed by atoms with E-state index in [9.17, 15) is 18.0 Å². The molecule has 3 amide bonds. The summed E-state index contributed by atoms with van der Waals surface area (Å²) >= 11 is 0. The molecule has 11 heteroatoms. The zero-order valence-electron chi connectivity index (χ0n) is 27.1. The molecule has 0 spiro atoms. The summed E-state index contributed by atoms with van der Waals surface area (Å²) in [6.07, 6.45) is 3.90. The van der Waals surface area contributed by atoms with E-state index in [2.05, 4.69) is 5.32 Å². The number of urea groups is 1. The van der Waals surface area contributed by atoms with Crippen molar-refractivity contribution in [1.82, 2.24) is 10.2 Å². The van der Waals surface area contributed by atoms with Crippen LogP contribution in [-0.4, -0.2) is 74.5 Å². The van der Waals surface area contributed by atoms with E-state index in [1.807, 2.05) is 45.6 Å². The minimum Gasteiger partial charge on any atom is -0.370 e. The molecule has 2 heterocycles. The summed E-state index contributed by atoms with van der Waals surface area (Å²) in [5.74, 6) is -0.145. The fourth-order valence-electron chi connectivity index (χ4n) is 6.89. The van der Waals surface area contributed by atoms with Crippen LogP contribution in [0, 0.1) is 45.9 Å². The molecule has 2 fully saturated rings. The first-order chi connectivity index (χ1) is 20.7. The number of benzene rings is 2. The lowest BCUT2D eigenvalue weighted by Gasteiger charge is -2.40. The van der Waals surface area contributed by atoms with E-state index in [4.69, 9.17) is 11.1 Å². The van der Waals surface area contributed by atoms with E-state index in [1.54, 1.807) is 31.2 Å². The molecule has 2 aliphatic rings. The number of piperidine rings is 2. The van der Waals surface area contributed by atoms with Gasteiger partial charge in [-0.25, -0.2) is 22.3 Å². The minimum absolute atomic E-state index is 0.0594. The topological polar surface area (TPSA) is 137 Å². The number of hydrogen-bond donors (Lipinski definition) is 3. The van der Waals surface area contributed by atoms with Crippen LogP contribution in [0.15, 0.2) is 35.2 Å². The normalized spacial score (nSPS) is 18.0. The fraction of sp³-hybridized carbons (Fsp3) is 0.545. The second-order valence-corrected chi connectivity index (χ2v) is 14.3. The van der Waals surface area contributed by atoms with Crippen molar-refractivity contribution in [3.05, 3.63) is 58.1 Å². The molecule has 44 heavy (non-hydrogen) atoms. The highest BCUT2D eigenvalue weighted by atomic mass is 32.2. The van der Waals surface area contributed by atoms with E-state index < -0.39 is 26.5 Å². The van der Waals surface area contributed by atoms with Gasteiger partial charge in [0.1, 0.15) is 0 Å². The van der Waals surface area contributed by atoms with Crippen LogP contribution in [0.25, 0.3) is 0 Å². The van der Waals surface area contributed by atoms with E-state index in [-0.39, 0.29) is 22.8 Å². The van der Waals surface area contributed by atoms with Gasteiger partial charge in [-0.2, -0.15) is 4.48 Å². The third-order valence-corrected chi connectivity index (χ3v) is 12.2. The number of guanidine groups is 1. The number of rotatable bonds is 7. The lowest BCUT2D eigenvalue weighted by atomic mass is 9.95. The summed E-state index contributed by atoms with van der Waals surface area (Å²) in [7, 11) is -4.22. The molecule has 2 aromatic carbocycles. The third-order valence-electron chi connectivity index (χ3n) is 10.1. The maximum atomic E-state index is 14.7. The monoisotopic (exact) mass is 625 g/mol. The highest BCUT2D eigenvalue weighted by Gasteiger charge is 2.51. The van der Waals surface area contributed by atoms with Gasteiger partial charge in [0.05, 0.1) is 23.7 Å². The highest BCUT2D eigenvalue weighted by molar-refractivity contribution is 7.93. The maximum absolute atomic E-state index is 14.7. The molecular weight excluding hydrogens is 576 g/mol. The Bertz CT molecular complexity index is 1480. The number of anilines is 1. The second-order valence-electron chi connectivity index (χ2n) is 12.6. The third kappa shape index (κ3) is 6.21. The van der Waals surface area contributed by atoms with E-state index in [0.717, 1.165) is 36.0 Å². The van der Waals surface area contributed by atoms with E-state index in [0.29, 0.717) is 62.4 Å². The largest absolute Gasteiger partial charge is 0.424 e. The Hall–Kier alpha value is -3.44. The Labute approximate surface area is 262 Å². The summed E-state index contributed by atoms with van der Waals surface area (Å²) in [6.45, 7) is 13.5. The Kier molecular flexibility index (Phi) is 10.1. The molecule has 0 saturated carbocycles. The summed E-state index contributed by atoms with van der Waals surface area (Å²) in [6, 6.07) is 7.24. The van der Waals surface area contributed by atoms with Crippen molar-refractivity contribution < 1.29 is 22.5 Å². The van der Waals surface area contributed by atoms with Crippen LogP contribution in [0.4, 0.5) is 10.5 Å². The van der Waals surface area contributed by atoms with Crippen molar-refractivity contribution in [1.29, 1.82) is 5.41 Å². The first-order valence-electron chi connectivity index (χ1n) is 15.7. The summed E-state index contributed by atoms with van der Waals surface area (Å²) in [4.78, 5) is 30.7. The zero-order chi connectivity index (χ0) is 32.4. The Morgan fingerprint density at radius 2 is 1.48 bits per heavy atom. The summed E-state index contributed by atoms with van der Waals surface area (Å²) in [5, 5.41) is 10.7. The molecule has 0 bridgehead atoms. The van der Waals surface area contributed by atoms with Crippen LogP contribution in [0.2, 0.25) is 0 Å². The average Bonchev–Trinajstić information content (AvgIpc) is 3.02. The molecule has 2 saturated heterocycles. The number of likely N-dealkylation sites (tertiary alicyclic amines) is 2. The van der Waals surface area contributed by atoms with Gasteiger partial charge in [0.15, 0.2) is 12.0 Å². The number of imide groups is 1. The molecule has 0 unspecified atom stereocenters. The lowest BCUT2D eigenvalue weighted by Crippen LogP contribution is -2.67. The number of amides is 3. The molecule has 1 atom stereocenters. The van der Waals surface area contributed by atoms with Crippen molar-refractivity contribution in [2.75, 3.05) is 37.0 Å². The van der Waals surface area contributed by atoms with Gasteiger partial charge in [0.2, 0.25) is 0 Å². The van der Waals surface area contributed by atoms with Gasteiger partial charge in [-0.3, -0.25) is 5.41 Å². The average molecular weight is 626 g/mol. The molecule has 0 aromatic heterocycles. The number of carbonyl (C=O) groups excluding carboxylic acids is 2. The molecule has 2 aliphatic heterocycles. The summed E-state index contributed by atoms with van der Waals surface area (Å²) < 4.78 is 30.3. The second kappa shape index (κ2) is 13.3. The van der Waals surface area contributed by atoms with Gasteiger partial charge in [0.25, 0.3) is 10.0 Å². The quantitative estimate of drug-likeness (QED) is 0.233. The first kappa shape index (κ1) is 33.5. The number of nitrogens with one attached hydrogen (secondary N) is 2. The number of sulfonamides is 1. The number of hydrogen-bond acceptors (Lipinski definition) is 5. The van der Waals surface area contributed by atoms with Crippen LogP contribution < -0.4 is 15.4 Å². The predicted molar refractivity (Wildman–Crippen MR) is 174 cm³/mol. The highest BCUT2D eigenvalue weighted by Crippen LogP contribution is 2.36. The lowest BCUT2D eigenvalue weighted by molar-refractivity contribution is -0.780. The van der Waals surface area contributed by atoms with Crippen molar-refractivity contribution >= 4 is 33.6 Å². The fourth-order valence-corrected chi connectivity index (χ4v) is 9.07. The molecule has 0 aliphatic carbocycles. The SMILES string of the molecule is Cc1c(C)c(C)c(S(=O)(=O)N(c2ccccc2)[C@@H](C)C(=O)[N+]2(C(=O)NCC3CCN(C(=N)N)CC3)CCCCC2)c(C)c1C. The van der Waals surface area contributed by atoms with Crippen molar-refractivity contribution in [2.24, 2.45) is 11.7 Å². The van der Waals surface area contributed by atoms with E-state index in [1.165, 1.54) is 4.31 Å². The number of nitrogens with zero attached hydrogens (tertiary/aromatic N) is 3. The standard InChI is InChI=1S/C33H48N6O4S/c1-22-23(2)25(4)30(26(5)24(22)3)44(42,43)38(29-13-9-7-10-14-29)27(6)31(40)39(19-11-8-12-20-39)33(41)36-21-28-15-17-37(18-16-28)32(34)35/h7,9-10,13-14,27-28H,8,11-12,15-21H2,1-6H3,(H3-,34,35,36,41)/p+1/t27-/m0/s1. The first-order valence-corrected chi connectivity index (χ1v) is 17.1. The summed E-state index contributed by atoms with van der Waals surface area (Å²) in [5.41, 5.74) is 10.2. The molecule has 4 N–H and O–H groups in total. The van der Waals surface area contributed by atoms with Gasteiger partial charge < -0.3 is 16.0 Å². The molecule has 2 aromatic rings. The van der Waals surface area contributed by atoms with Crippen LogP contribution >= 0.6 is 0 Å². The Morgan fingerprint density at radius 3 is 2.00 bits per heavy atom. The molecule has 0 radical (unpaired) electrons. The zero-order valence-corrected chi connectivity index (χ0v) is 27.9. The van der Waals surface area contributed by atoms with Gasteiger partial charge in [0, 0.05) is 19.6 Å². The molecule has 4 rings (SSSR count). The number of para-hydroxylation sites is 1. The predicted octanol–water partition coefficient (Wildman–Crippen LogP) is 4.65. The van der Waals surface area contributed by atoms with Crippen molar-refractivity contribution in [2.45, 2.75) is 84.6 Å². The maximum Gasteiger partial charge on any atom is 0.424 e. The number of nitrogens with two attached hydrogens (primary N) is 1. The minimum atomic E-state index is -4.22. The van der Waals surface area contributed by atoms with Crippen LogP contribution in [-0.2, 0) is 14.8 Å². The van der Waals surface area contributed by atoms with Crippen molar-refractivity contribution in [3.8, 4) is 0 Å². The van der Waals surface area contributed by atoms with Gasteiger partial charge in [-0.15, -0.1) is 0 Å².